The minimum atomic E-state index is 0.268. The molecule has 0 amide bonds. The lowest BCUT2D eigenvalue weighted by atomic mass is 9.85. The molecule has 0 radical (unpaired) electrons. The molecule has 3 nitrogen and oxygen atoms in total. The molecule has 1 heterocycles. The van der Waals surface area contributed by atoms with E-state index >= 15 is 0 Å². The Morgan fingerprint density at radius 1 is 1.53 bits per heavy atom. The van der Waals surface area contributed by atoms with Crippen molar-refractivity contribution in [2.75, 3.05) is 19.5 Å². The Labute approximate surface area is 110 Å². The fraction of sp³-hybridized carbons (Fsp3) is 0.923. The highest BCUT2D eigenvalue weighted by molar-refractivity contribution is 8.13. The van der Waals surface area contributed by atoms with E-state index in [1.54, 1.807) is 7.11 Å². The predicted octanol–water partition coefficient (Wildman–Crippen LogP) is 2.91. The number of hydrogen-bond donors (Lipinski definition) is 1. The number of thioether (sulfide) groups is 1. The zero-order chi connectivity index (χ0) is 12.9. The molecule has 100 valence electrons. The second kappa shape index (κ2) is 6.64. The van der Waals surface area contributed by atoms with Crippen LogP contribution in [0.25, 0.3) is 0 Å². The summed E-state index contributed by atoms with van der Waals surface area (Å²) < 4.78 is 5.09. The third-order valence-corrected chi connectivity index (χ3v) is 3.96. The molecule has 1 aliphatic rings. The molecule has 0 bridgehead atoms. The summed E-state index contributed by atoms with van der Waals surface area (Å²) in [6.07, 6.45) is 2.21. The van der Waals surface area contributed by atoms with Crippen molar-refractivity contribution >= 4 is 16.9 Å². The largest absolute Gasteiger partial charge is 0.385 e. The van der Waals surface area contributed by atoms with Gasteiger partial charge in [0.15, 0.2) is 5.17 Å². The summed E-state index contributed by atoms with van der Waals surface area (Å²) in [7, 11) is 1.75. The normalized spacial score (nSPS) is 23.1. The molecular formula is C13H26N2OS. The van der Waals surface area contributed by atoms with Crippen molar-refractivity contribution in [1.82, 2.24) is 5.32 Å². The fourth-order valence-corrected chi connectivity index (χ4v) is 2.81. The number of aliphatic imine (C=N–C) groups is 1. The van der Waals surface area contributed by atoms with E-state index in [2.05, 4.69) is 33.0 Å². The summed E-state index contributed by atoms with van der Waals surface area (Å²) in [5.41, 5.74) is 0.268. The first-order valence-corrected chi connectivity index (χ1v) is 7.38. The van der Waals surface area contributed by atoms with Crippen LogP contribution in [0.15, 0.2) is 4.99 Å². The van der Waals surface area contributed by atoms with Gasteiger partial charge in [0.05, 0.1) is 6.04 Å². The fourth-order valence-electron chi connectivity index (χ4n) is 1.79. The molecule has 2 atom stereocenters. The Balaban J connectivity index is 2.50. The standard InChI is InChI=1S/C13H26N2OS/c1-10(6-8-16-5)14-12-15-11(7-9-17-12)13(2,3)4/h10-11H,6-9H2,1-5H3,(H,14,15). The summed E-state index contributed by atoms with van der Waals surface area (Å²) in [6.45, 7) is 9.78. The quantitative estimate of drug-likeness (QED) is 0.842. The lowest BCUT2D eigenvalue weighted by Gasteiger charge is -2.31. The van der Waals surface area contributed by atoms with Gasteiger partial charge in [0.25, 0.3) is 0 Å². The van der Waals surface area contributed by atoms with Crippen LogP contribution in [0.5, 0.6) is 0 Å². The van der Waals surface area contributed by atoms with Gasteiger partial charge in [0.2, 0.25) is 0 Å². The molecular weight excluding hydrogens is 232 g/mol. The molecule has 17 heavy (non-hydrogen) atoms. The number of hydrogen-bond acceptors (Lipinski definition) is 4. The van der Waals surface area contributed by atoms with Crippen LogP contribution < -0.4 is 5.32 Å². The van der Waals surface area contributed by atoms with E-state index in [9.17, 15) is 0 Å². The number of methoxy groups -OCH3 is 1. The zero-order valence-corrected chi connectivity index (χ0v) is 12.6. The first kappa shape index (κ1) is 14.8. The predicted molar refractivity (Wildman–Crippen MR) is 76.8 cm³/mol. The highest BCUT2D eigenvalue weighted by Crippen LogP contribution is 2.30. The van der Waals surface area contributed by atoms with Crippen LogP contribution in [0.1, 0.15) is 40.5 Å². The highest BCUT2D eigenvalue weighted by atomic mass is 32.2. The van der Waals surface area contributed by atoms with Gasteiger partial charge >= 0.3 is 0 Å². The summed E-state index contributed by atoms with van der Waals surface area (Å²) in [4.78, 5) is 4.83. The summed E-state index contributed by atoms with van der Waals surface area (Å²) in [5, 5.41) is 4.60. The Bertz CT molecular complexity index is 261. The summed E-state index contributed by atoms with van der Waals surface area (Å²) >= 11 is 1.84. The van der Waals surface area contributed by atoms with E-state index in [1.165, 1.54) is 12.2 Å². The molecule has 0 spiro atoms. The molecule has 2 unspecified atom stereocenters. The molecule has 1 aliphatic heterocycles. The van der Waals surface area contributed by atoms with E-state index in [1.807, 2.05) is 11.8 Å². The van der Waals surface area contributed by atoms with Crippen molar-refractivity contribution in [3.63, 3.8) is 0 Å². The zero-order valence-electron chi connectivity index (χ0n) is 11.7. The van der Waals surface area contributed by atoms with E-state index in [4.69, 9.17) is 9.73 Å². The van der Waals surface area contributed by atoms with Gasteiger partial charge in [-0.1, -0.05) is 32.5 Å². The molecule has 0 aromatic carbocycles. The third-order valence-electron chi connectivity index (χ3n) is 3.03. The first-order valence-electron chi connectivity index (χ1n) is 6.39. The number of amidine groups is 1. The first-order chi connectivity index (χ1) is 7.93. The van der Waals surface area contributed by atoms with Gasteiger partial charge in [-0.3, -0.25) is 4.99 Å². The Morgan fingerprint density at radius 3 is 2.82 bits per heavy atom. The van der Waals surface area contributed by atoms with Gasteiger partial charge < -0.3 is 10.1 Å². The van der Waals surface area contributed by atoms with Gasteiger partial charge in [0, 0.05) is 25.5 Å². The molecule has 0 saturated heterocycles. The maximum Gasteiger partial charge on any atom is 0.157 e. The average Bonchev–Trinajstić information content (AvgIpc) is 2.25. The number of ether oxygens (including phenoxy) is 1. The third kappa shape index (κ3) is 5.30. The lowest BCUT2D eigenvalue weighted by Crippen LogP contribution is -2.37. The average molecular weight is 258 g/mol. The van der Waals surface area contributed by atoms with Crippen LogP contribution in [0.3, 0.4) is 0 Å². The van der Waals surface area contributed by atoms with Crippen molar-refractivity contribution < 1.29 is 4.74 Å². The number of nitrogens with one attached hydrogen (secondary N) is 1. The van der Waals surface area contributed by atoms with Crippen LogP contribution in [0.2, 0.25) is 0 Å². The molecule has 0 aromatic rings. The Kier molecular flexibility index (Phi) is 5.80. The molecule has 1 rings (SSSR count). The molecule has 0 saturated carbocycles. The van der Waals surface area contributed by atoms with Crippen molar-refractivity contribution in [2.45, 2.75) is 52.6 Å². The maximum atomic E-state index is 5.09. The monoisotopic (exact) mass is 258 g/mol. The van der Waals surface area contributed by atoms with E-state index in [-0.39, 0.29) is 5.41 Å². The number of rotatable bonds is 4. The van der Waals surface area contributed by atoms with Crippen LogP contribution in [0.4, 0.5) is 0 Å². The van der Waals surface area contributed by atoms with Crippen molar-refractivity contribution in [3.8, 4) is 0 Å². The van der Waals surface area contributed by atoms with E-state index in [0.29, 0.717) is 12.1 Å². The van der Waals surface area contributed by atoms with Crippen molar-refractivity contribution in [2.24, 2.45) is 10.4 Å². The summed E-state index contributed by atoms with van der Waals surface area (Å²) in [6, 6.07) is 0.876. The van der Waals surface area contributed by atoms with Gasteiger partial charge in [0.1, 0.15) is 0 Å². The minimum Gasteiger partial charge on any atom is -0.385 e. The van der Waals surface area contributed by atoms with Gasteiger partial charge in [-0.05, 0) is 25.2 Å². The van der Waals surface area contributed by atoms with Crippen LogP contribution >= 0.6 is 11.8 Å². The smallest absolute Gasteiger partial charge is 0.157 e. The minimum absolute atomic E-state index is 0.268. The van der Waals surface area contributed by atoms with Crippen molar-refractivity contribution in [3.05, 3.63) is 0 Å². The van der Waals surface area contributed by atoms with Gasteiger partial charge in [-0.15, -0.1) is 0 Å². The molecule has 0 aromatic heterocycles. The molecule has 4 heteroatoms. The van der Waals surface area contributed by atoms with Gasteiger partial charge in [-0.2, -0.15) is 0 Å². The van der Waals surface area contributed by atoms with Gasteiger partial charge in [-0.25, -0.2) is 0 Å². The van der Waals surface area contributed by atoms with Crippen LogP contribution in [-0.2, 0) is 4.74 Å². The van der Waals surface area contributed by atoms with E-state index < -0.39 is 0 Å². The molecule has 0 fully saturated rings. The van der Waals surface area contributed by atoms with Crippen molar-refractivity contribution in [1.29, 1.82) is 0 Å². The number of nitrogens with zero attached hydrogens (tertiary/aromatic N) is 1. The summed E-state index contributed by atoms with van der Waals surface area (Å²) in [5.74, 6) is 1.17. The Morgan fingerprint density at radius 2 is 2.24 bits per heavy atom. The second-order valence-corrected chi connectivity index (χ2v) is 6.86. The SMILES string of the molecule is COCCC(C)NC1=NC(C(C)(C)C)CCS1. The molecule has 0 aliphatic carbocycles. The van der Waals surface area contributed by atoms with Crippen LogP contribution in [0, 0.1) is 5.41 Å². The Hall–Kier alpha value is -0.220. The molecule has 1 N–H and O–H groups in total. The topological polar surface area (TPSA) is 33.6 Å². The van der Waals surface area contributed by atoms with E-state index in [0.717, 1.165) is 18.2 Å². The maximum absolute atomic E-state index is 5.09. The highest BCUT2D eigenvalue weighted by Gasteiger charge is 2.27. The van der Waals surface area contributed by atoms with Crippen LogP contribution in [-0.4, -0.2) is 36.7 Å². The lowest BCUT2D eigenvalue weighted by molar-refractivity contribution is 0.187. The second-order valence-electron chi connectivity index (χ2n) is 5.78.